The van der Waals surface area contributed by atoms with Crippen molar-refractivity contribution in [1.82, 2.24) is 20.5 Å². The SMILES string of the molecule is Cc1ccc(Sc2ccc(N3CCC(C(=O)N[C@@H](C)c4ccncc4)CC3)nn2)cc1. The maximum absolute atomic E-state index is 12.7. The molecule has 3 aromatic rings. The minimum atomic E-state index is -0.0158. The van der Waals surface area contributed by atoms with E-state index >= 15 is 0 Å². The van der Waals surface area contributed by atoms with Crippen LogP contribution in [0.25, 0.3) is 0 Å². The molecular formula is C24H27N5OS. The molecule has 1 saturated heterocycles. The van der Waals surface area contributed by atoms with Crippen LogP contribution in [0.3, 0.4) is 0 Å². The Hall–Kier alpha value is -2.93. The Kier molecular flexibility index (Phi) is 6.82. The highest BCUT2D eigenvalue weighted by atomic mass is 32.2. The molecule has 0 spiro atoms. The number of benzene rings is 1. The molecule has 3 heterocycles. The Morgan fingerprint density at radius 1 is 1.03 bits per heavy atom. The molecule has 1 amide bonds. The minimum absolute atomic E-state index is 0.0158. The fourth-order valence-electron chi connectivity index (χ4n) is 3.70. The molecule has 0 radical (unpaired) electrons. The number of piperidine rings is 1. The third-order valence-electron chi connectivity index (χ3n) is 5.62. The molecule has 6 nitrogen and oxygen atoms in total. The molecule has 1 atom stereocenters. The lowest BCUT2D eigenvalue weighted by Crippen LogP contribution is -2.41. The lowest BCUT2D eigenvalue weighted by Gasteiger charge is -2.32. The summed E-state index contributed by atoms with van der Waals surface area (Å²) in [5, 5.41) is 12.8. The standard InChI is InChI=1S/C24H27N5OS/c1-17-3-5-21(6-4-17)31-23-8-7-22(27-28-23)29-15-11-20(12-16-29)24(30)26-18(2)19-9-13-25-14-10-19/h3-10,13-14,18,20H,11-12,15-16H2,1-2H3,(H,26,30)/t18-/m0/s1. The molecular weight excluding hydrogens is 406 g/mol. The number of rotatable bonds is 6. The van der Waals surface area contributed by atoms with Gasteiger partial charge in [-0.1, -0.05) is 29.5 Å². The minimum Gasteiger partial charge on any atom is -0.355 e. The van der Waals surface area contributed by atoms with Crippen LogP contribution in [0.2, 0.25) is 0 Å². The second-order valence-electron chi connectivity index (χ2n) is 7.92. The van der Waals surface area contributed by atoms with Gasteiger partial charge in [0.25, 0.3) is 0 Å². The summed E-state index contributed by atoms with van der Waals surface area (Å²) in [7, 11) is 0. The number of nitrogens with one attached hydrogen (secondary N) is 1. The summed E-state index contributed by atoms with van der Waals surface area (Å²) >= 11 is 1.61. The Bertz CT molecular complexity index is 987. The maximum Gasteiger partial charge on any atom is 0.223 e. The van der Waals surface area contributed by atoms with Crippen LogP contribution in [-0.2, 0) is 4.79 Å². The van der Waals surface area contributed by atoms with Gasteiger partial charge in [-0.3, -0.25) is 9.78 Å². The summed E-state index contributed by atoms with van der Waals surface area (Å²) in [6.07, 6.45) is 5.14. The van der Waals surface area contributed by atoms with Gasteiger partial charge in [-0.15, -0.1) is 10.2 Å². The fourth-order valence-corrected chi connectivity index (χ4v) is 4.43. The zero-order chi connectivity index (χ0) is 21.6. The van der Waals surface area contributed by atoms with Crippen molar-refractivity contribution in [2.75, 3.05) is 18.0 Å². The van der Waals surface area contributed by atoms with Gasteiger partial charge in [0.05, 0.1) is 6.04 Å². The van der Waals surface area contributed by atoms with E-state index in [0.717, 1.165) is 47.2 Å². The highest BCUT2D eigenvalue weighted by Gasteiger charge is 2.26. The largest absolute Gasteiger partial charge is 0.355 e. The summed E-state index contributed by atoms with van der Waals surface area (Å²) in [5.74, 6) is 1.03. The number of amides is 1. The van der Waals surface area contributed by atoms with Crippen molar-refractivity contribution >= 4 is 23.5 Å². The van der Waals surface area contributed by atoms with Crippen molar-refractivity contribution in [3.8, 4) is 0 Å². The van der Waals surface area contributed by atoms with Crippen molar-refractivity contribution in [2.24, 2.45) is 5.92 Å². The molecule has 1 fully saturated rings. The second-order valence-corrected chi connectivity index (χ2v) is 9.01. The first-order valence-electron chi connectivity index (χ1n) is 10.6. The predicted octanol–water partition coefficient (Wildman–Crippen LogP) is 4.43. The molecule has 4 rings (SSSR count). The number of carbonyl (C=O) groups is 1. The van der Waals surface area contributed by atoms with Crippen molar-refractivity contribution in [3.05, 3.63) is 72.1 Å². The average molecular weight is 434 g/mol. The van der Waals surface area contributed by atoms with Gasteiger partial charge >= 0.3 is 0 Å². The Labute approximate surface area is 187 Å². The van der Waals surface area contributed by atoms with Gasteiger partial charge in [0, 0.05) is 36.3 Å². The zero-order valence-corrected chi connectivity index (χ0v) is 18.7. The van der Waals surface area contributed by atoms with Gasteiger partial charge in [-0.2, -0.15) is 0 Å². The zero-order valence-electron chi connectivity index (χ0n) is 17.9. The molecule has 1 aliphatic rings. The fraction of sp³-hybridized carbons (Fsp3) is 0.333. The number of aromatic nitrogens is 3. The van der Waals surface area contributed by atoms with Gasteiger partial charge in [0.1, 0.15) is 5.03 Å². The molecule has 7 heteroatoms. The average Bonchev–Trinajstić information content (AvgIpc) is 2.82. The summed E-state index contributed by atoms with van der Waals surface area (Å²) in [6.45, 7) is 5.70. The van der Waals surface area contributed by atoms with Crippen LogP contribution < -0.4 is 10.2 Å². The summed E-state index contributed by atoms with van der Waals surface area (Å²) in [5.41, 5.74) is 2.31. The topological polar surface area (TPSA) is 71.0 Å². The quantitative estimate of drug-likeness (QED) is 0.620. The molecule has 0 unspecified atom stereocenters. The number of carbonyl (C=O) groups excluding carboxylic acids is 1. The van der Waals surface area contributed by atoms with Gasteiger partial charge in [-0.25, -0.2) is 0 Å². The van der Waals surface area contributed by atoms with E-state index in [9.17, 15) is 4.79 Å². The van der Waals surface area contributed by atoms with E-state index < -0.39 is 0 Å². The van der Waals surface area contributed by atoms with Crippen LogP contribution in [0.15, 0.2) is 70.8 Å². The maximum atomic E-state index is 12.7. The van der Waals surface area contributed by atoms with E-state index in [1.807, 2.05) is 31.2 Å². The molecule has 1 N–H and O–H groups in total. The molecule has 1 aromatic carbocycles. The molecule has 1 aliphatic heterocycles. The van der Waals surface area contributed by atoms with E-state index in [2.05, 4.69) is 56.6 Å². The van der Waals surface area contributed by atoms with Crippen LogP contribution in [-0.4, -0.2) is 34.2 Å². The summed E-state index contributed by atoms with van der Waals surface area (Å²) in [6, 6.07) is 16.3. The number of hydrogen-bond donors (Lipinski definition) is 1. The van der Waals surface area contributed by atoms with Crippen molar-refractivity contribution < 1.29 is 4.79 Å². The first kappa shape index (κ1) is 21.3. The summed E-state index contributed by atoms with van der Waals surface area (Å²) < 4.78 is 0. The molecule has 0 bridgehead atoms. The number of aryl methyl sites for hydroxylation is 1. The Balaban J connectivity index is 1.28. The van der Waals surface area contributed by atoms with E-state index in [1.54, 1.807) is 24.2 Å². The Morgan fingerprint density at radius 2 is 1.74 bits per heavy atom. The first-order valence-corrected chi connectivity index (χ1v) is 11.4. The Morgan fingerprint density at radius 3 is 2.39 bits per heavy atom. The number of hydrogen-bond acceptors (Lipinski definition) is 6. The predicted molar refractivity (Wildman–Crippen MR) is 123 cm³/mol. The normalized spacial score (nSPS) is 15.5. The molecule has 0 aliphatic carbocycles. The van der Waals surface area contributed by atoms with Crippen LogP contribution in [0.1, 0.15) is 36.9 Å². The van der Waals surface area contributed by atoms with Crippen LogP contribution in [0, 0.1) is 12.8 Å². The van der Waals surface area contributed by atoms with E-state index in [4.69, 9.17) is 0 Å². The van der Waals surface area contributed by atoms with Gasteiger partial charge < -0.3 is 10.2 Å². The second kappa shape index (κ2) is 9.92. The number of anilines is 1. The number of pyridine rings is 1. The smallest absolute Gasteiger partial charge is 0.223 e. The first-order chi connectivity index (χ1) is 15.1. The van der Waals surface area contributed by atoms with Crippen molar-refractivity contribution in [1.29, 1.82) is 0 Å². The van der Waals surface area contributed by atoms with Crippen molar-refractivity contribution in [3.63, 3.8) is 0 Å². The van der Waals surface area contributed by atoms with E-state index in [-0.39, 0.29) is 17.9 Å². The highest BCUT2D eigenvalue weighted by Crippen LogP contribution is 2.28. The highest BCUT2D eigenvalue weighted by molar-refractivity contribution is 7.99. The van der Waals surface area contributed by atoms with Crippen LogP contribution in [0.5, 0.6) is 0 Å². The van der Waals surface area contributed by atoms with E-state index in [1.165, 1.54) is 5.56 Å². The molecule has 2 aromatic heterocycles. The van der Waals surface area contributed by atoms with Crippen molar-refractivity contribution in [2.45, 2.75) is 42.7 Å². The van der Waals surface area contributed by atoms with Gasteiger partial charge in [0.15, 0.2) is 5.82 Å². The van der Waals surface area contributed by atoms with Crippen LogP contribution in [0.4, 0.5) is 5.82 Å². The molecule has 160 valence electrons. The van der Waals surface area contributed by atoms with Crippen LogP contribution >= 0.6 is 11.8 Å². The third kappa shape index (κ3) is 5.61. The van der Waals surface area contributed by atoms with Gasteiger partial charge in [-0.05, 0) is 68.7 Å². The monoisotopic (exact) mass is 433 g/mol. The molecule has 0 saturated carbocycles. The lowest BCUT2D eigenvalue weighted by molar-refractivity contribution is -0.126. The van der Waals surface area contributed by atoms with Gasteiger partial charge in [0.2, 0.25) is 5.91 Å². The number of nitrogens with zero attached hydrogens (tertiary/aromatic N) is 4. The third-order valence-corrected chi connectivity index (χ3v) is 6.56. The summed E-state index contributed by atoms with van der Waals surface area (Å²) in [4.78, 5) is 20.1. The molecule has 31 heavy (non-hydrogen) atoms. The van der Waals surface area contributed by atoms with E-state index in [0.29, 0.717) is 0 Å². The lowest BCUT2D eigenvalue weighted by atomic mass is 9.95.